The summed E-state index contributed by atoms with van der Waals surface area (Å²) >= 11 is 3.38. The van der Waals surface area contributed by atoms with E-state index in [0.717, 1.165) is 15.6 Å². The molecule has 0 radical (unpaired) electrons. The number of carboxylic acid groups (broad SMARTS) is 1. The highest BCUT2D eigenvalue weighted by molar-refractivity contribution is 9.10. The van der Waals surface area contributed by atoms with Crippen molar-refractivity contribution in [2.45, 2.75) is 26.4 Å². The van der Waals surface area contributed by atoms with E-state index in [1.807, 2.05) is 26.0 Å². The topological polar surface area (TPSA) is 88.0 Å². The number of hydrogen-bond acceptors (Lipinski definition) is 4. The molecule has 0 spiro atoms. The Hall–Kier alpha value is -1.89. The highest BCUT2D eigenvalue weighted by Crippen LogP contribution is 2.26. The Labute approximate surface area is 123 Å². The number of hydrogen-bond donors (Lipinski definition) is 2. The van der Waals surface area contributed by atoms with Crippen LogP contribution in [0, 0.1) is 13.8 Å². The van der Waals surface area contributed by atoms with Gasteiger partial charge in [-0.1, -0.05) is 21.1 Å². The number of nitrogens with zero attached hydrogens (tertiary/aromatic N) is 1. The second kappa shape index (κ2) is 5.62. The van der Waals surface area contributed by atoms with Crippen LogP contribution in [0.4, 0.5) is 5.69 Å². The van der Waals surface area contributed by atoms with E-state index in [1.165, 1.54) is 0 Å². The van der Waals surface area contributed by atoms with E-state index in [2.05, 4.69) is 26.4 Å². The fraction of sp³-hybridized carbons (Fsp3) is 0.308. The molecule has 1 aliphatic heterocycles. The molecule has 2 N–H and O–H groups in total. The predicted molar refractivity (Wildman–Crippen MR) is 76.8 cm³/mol. The monoisotopic (exact) mass is 340 g/mol. The lowest BCUT2D eigenvalue weighted by molar-refractivity contribution is -0.129. The van der Waals surface area contributed by atoms with E-state index >= 15 is 0 Å². The molecule has 0 bridgehead atoms. The molecule has 0 aliphatic carbocycles. The molecule has 1 unspecified atom stereocenters. The average Bonchev–Trinajstić information content (AvgIpc) is 2.83. The number of rotatable bonds is 3. The highest BCUT2D eigenvalue weighted by atomic mass is 79.9. The van der Waals surface area contributed by atoms with Crippen LogP contribution in [0.5, 0.6) is 0 Å². The molecule has 0 aromatic heterocycles. The normalized spacial score (nSPS) is 17.4. The number of amides is 1. The first-order valence-electron chi connectivity index (χ1n) is 5.92. The fourth-order valence-corrected chi connectivity index (χ4v) is 2.64. The first-order chi connectivity index (χ1) is 9.38. The standard InChI is InChI=1S/C13H13BrN2O4/c1-6-3-8(14)4-7(2)11(6)15-12(17)10-5-9(13(18)19)16-20-10/h3-4,10H,5H2,1-2H3,(H,15,17)(H,18,19). The van der Waals surface area contributed by atoms with Gasteiger partial charge in [0.05, 0.1) is 0 Å². The summed E-state index contributed by atoms with van der Waals surface area (Å²) in [5, 5.41) is 14.9. The summed E-state index contributed by atoms with van der Waals surface area (Å²) in [6.07, 6.45) is -0.931. The van der Waals surface area contributed by atoms with Gasteiger partial charge < -0.3 is 15.3 Å². The number of aliphatic carboxylic acids is 1. The predicted octanol–water partition coefficient (Wildman–Crippen LogP) is 2.23. The third-order valence-electron chi connectivity index (χ3n) is 2.95. The summed E-state index contributed by atoms with van der Waals surface area (Å²) in [6, 6.07) is 3.77. The Balaban J connectivity index is 2.09. The zero-order valence-corrected chi connectivity index (χ0v) is 12.5. The fourth-order valence-electron chi connectivity index (χ4n) is 1.96. The lowest BCUT2D eigenvalue weighted by Gasteiger charge is -2.14. The number of carbonyl (C=O) groups is 2. The van der Waals surface area contributed by atoms with Gasteiger partial charge >= 0.3 is 5.97 Å². The van der Waals surface area contributed by atoms with Crippen molar-refractivity contribution in [3.05, 3.63) is 27.7 Å². The molecule has 20 heavy (non-hydrogen) atoms. The molecule has 0 saturated heterocycles. The lowest BCUT2D eigenvalue weighted by atomic mass is 10.1. The minimum atomic E-state index is -1.17. The number of nitrogens with one attached hydrogen (secondary N) is 1. The van der Waals surface area contributed by atoms with Crippen LogP contribution in [0.15, 0.2) is 21.8 Å². The number of aryl methyl sites for hydroxylation is 2. The molecular weight excluding hydrogens is 328 g/mol. The summed E-state index contributed by atoms with van der Waals surface area (Å²) < 4.78 is 0.930. The zero-order valence-electron chi connectivity index (χ0n) is 10.9. The maximum atomic E-state index is 12.1. The van der Waals surface area contributed by atoms with Crippen LogP contribution in [0.3, 0.4) is 0 Å². The van der Waals surface area contributed by atoms with E-state index in [0.29, 0.717) is 5.69 Å². The molecule has 6 nitrogen and oxygen atoms in total. The Bertz CT molecular complexity index is 589. The van der Waals surface area contributed by atoms with Crippen molar-refractivity contribution in [2.24, 2.45) is 5.16 Å². The molecular formula is C13H13BrN2O4. The van der Waals surface area contributed by atoms with Gasteiger partial charge in [0, 0.05) is 16.6 Å². The number of anilines is 1. The number of carboxylic acids is 1. The van der Waals surface area contributed by atoms with Gasteiger partial charge in [0.25, 0.3) is 5.91 Å². The number of carbonyl (C=O) groups excluding carboxylic acids is 1. The van der Waals surface area contributed by atoms with E-state index < -0.39 is 18.0 Å². The molecule has 1 aliphatic rings. The number of benzene rings is 1. The van der Waals surface area contributed by atoms with Crippen LogP contribution >= 0.6 is 15.9 Å². The molecule has 7 heteroatoms. The van der Waals surface area contributed by atoms with Crippen LogP contribution in [0.1, 0.15) is 17.5 Å². The first kappa shape index (κ1) is 14.5. The zero-order chi connectivity index (χ0) is 14.9. The van der Waals surface area contributed by atoms with Gasteiger partial charge in [-0.2, -0.15) is 0 Å². The summed E-state index contributed by atoms with van der Waals surface area (Å²) in [5.41, 5.74) is 2.37. The van der Waals surface area contributed by atoms with Crippen molar-refractivity contribution in [2.75, 3.05) is 5.32 Å². The third kappa shape index (κ3) is 2.98. The Morgan fingerprint density at radius 3 is 2.50 bits per heavy atom. The van der Waals surface area contributed by atoms with Crippen LogP contribution in [0.25, 0.3) is 0 Å². The van der Waals surface area contributed by atoms with Gasteiger partial charge in [0.1, 0.15) is 0 Å². The molecule has 2 rings (SSSR count). The molecule has 1 aromatic carbocycles. The lowest BCUT2D eigenvalue weighted by Crippen LogP contribution is -2.29. The minimum absolute atomic E-state index is 0.0320. The molecule has 1 amide bonds. The van der Waals surface area contributed by atoms with Crippen molar-refractivity contribution in [3.8, 4) is 0 Å². The van der Waals surface area contributed by atoms with Crippen LogP contribution < -0.4 is 5.32 Å². The Kier molecular flexibility index (Phi) is 4.08. The molecule has 1 aromatic rings. The summed E-state index contributed by atoms with van der Waals surface area (Å²) in [6.45, 7) is 3.75. The SMILES string of the molecule is Cc1cc(Br)cc(C)c1NC(=O)C1CC(C(=O)O)=NO1. The molecule has 0 saturated carbocycles. The van der Waals surface area contributed by atoms with Gasteiger partial charge in [-0.3, -0.25) is 4.79 Å². The van der Waals surface area contributed by atoms with Crippen molar-refractivity contribution >= 4 is 39.2 Å². The van der Waals surface area contributed by atoms with Gasteiger partial charge in [-0.25, -0.2) is 4.79 Å². The van der Waals surface area contributed by atoms with Crippen LogP contribution in [0.2, 0.25) is 0 Å². The summed E-state index contributed by atoms with van der Waals surface area (Å²) in [5.74, 6) is -1.57. The smallest absolute Gasteiger partial charge is 0.353 e. The van der Waals surface area contributed by atoms with E-state index in [4.69, 9.17) is 9.94 Å². The molecule has 106 valence electrons. The molecule has 1 atom stereocenters. The van der Waals surface area contributed by atoms with Crippen molar-refractivity contribution in [1.82, 2.24) is 0 Å². The van der Waals surface area contributed by atoms with Crippen molar-refractivity contribution in [3.63, 3.8) is 0 Å². The van der Waals surface area contributed by atoms with Crippen LogP contribution in [-0.2, 0) is 14.4 Å². The Morgan fingerprint density at radius 1 is 1.40 bits per heavy atom. The minimum Gasteiger partial charge on any atom is -0.477 e. The van der Waals surface area contributed by atoms with Gasteiger partial charge in [0.2, 0.25) is 6.10 Å². The van der Waals surface area contributed by atoms with E-state index in [9.17, 15) is 9.59 Å². The van der Waals surface area contributed by atoms with E-state index in [-0.39, 0.29) is 12.1 Å². The highest BCUT2D eigenvalue weighted by Gasteiger charge is 2.31. The first-order valence-corrected chi connectivity index (χ1v) is 6.71. The van der Waals surface area contributed by atoms with Crippen LogP contribution in [-0.4, -0.2) is 28.8 Å². The van der Waals surface area contributed by atoms with Gasteiger partial charge in [-0.05, 0) is 37.1 Å². The second-order valence-electron chi connectivity index (χ2n) is 4.55. The van der Waals surface area contributed by atoms with E-state index in [1.54, 1.807) is 0 Å². The molecule has 1 heterocycles. The number of halogens is 1. The summed E-state index contributed by atoms with van der Waals surface area (Å²) in [4.78, 5) is 27.6. The van der Waals surface area contributed by atoms with Crippen molar-refractivity contribution in [1.29, 1.82) is 0 Å². The average molecular weight is 341 g/mol. The number of oxime groups is 1. The van der Waals surface area contributed by atoms with Gasteiger partial charge in [-0.15, -0.1) is 0 Å². The maximum absolute atomic E-state index is 12.1. The van der Waals surface area contributed by atoms with Crippen molar-refractivity contribution < 1.29 is 19.5 Å². The van der Waals surface area contributed by atoms with Gasteiger partial charge in [0.15, 0.2) is 5.71 Å². The quantitative estimate of drug-likeness (QED) is 0.883. The summed E-state index contributed by atoms with van der Waals surface area (Å²) in [7, 11) is 0. The maximum Gasteiger partial charge on any atom is 0.353 e. The second-order valence-corrected chi connectivity index (χ2v) is 5.46. The Morgan fingerprint density at radius 2 is 2.00 bits per heavy atom. The largest absolute Gasteiger partial charge is 0.477 e. The molecule has 0 fully saturated rings. The third-order valence-corrected chi connectivity index (χ3v) is 3.41.